The molecule has 0 spiro atoms. The molecule has 0 aliphatic carbocycles. The van der Waals surface area contributed by atoms with E-state index in [1.165, 1.54) is 18.2 Å². The Balaban J connectivity index is 1.25. The number of sulfonamides is 1. The van der Waals surface area contributed by atoms with Crippen molar-refractivity contribution in [1.82, 2.24) is 0 Å². The smallest absolute Gasteiger partial charge is 0.338 e. The number of aryl methyl sites for hydroxylation is 2. The molecule has 0 fully saturated rings. The van der Waals surface area contributed by atoms with E-state index in [9.17, 15) is 18.0 Å². The van der Waals surface area contributed by atoms with E-state index in [4.69, 9.17) is 15.9 Å². The van der Waals surface area contributed by atoms with Crippen LogP contribution in [0.25, 0.3) is 0 Å². The quantitative estimate of drug-likeness (QED) is 0.133. The van der Waals surface area contributed by atoms with E-state index in [0.29, 0.717) is 29.8 Å². The van der Waals surface area contributed by atoms with Gasteiger partial charge in [-0.15, -0.1) is 0 Å². The van der Waals surface area contributed by atoms with Gasteiger partial charge < -0.3 is 15.4 Å². The van der Waals surface area contributed by atoms with E-state index < -0.39 is 16.0 Å². The van der Waals surface area contributed by atoms with Gasteiger partial charge >= 0.3 is 5.97 Å². The van der Waals surface area contributed by atoms with E-state index in [1.54, 1.807) is 53.4 Å². The molecule has 5 rings (SSSR count). The third kappa shape index (κ3) is 7.10. The molecule has 0 saturated heterocycles. The fourth-order valence-corrected chi connectivity index (χ4v) is 6.16. The maximum absolute atomic E-state index is 13.4. The highest BCUT2D eigenvalue weighted by Crippen LogP contribution is 2.31. The van der Waals surface area contributed by atoms with E-state index >= 15 is 0 Å². The van der Waals surface area contributed by atoms with Gasteiger partial charge in [0.1, 0.15) is 12.4 Å². The Morgan fingerprint density at radius 3 is 2.37 bits per heavy atom. The number of nitrogen functional groups attached to an aromatic ring is 1. The molecule has 220 valence electrons. The van der Waals surface area contributed by atoms with Crippen molar-refractivity contribution in [2.24, 2.45) is 5.73 Å². The van der Waals surface area contributed by atoms with Crippen LogP contribution in [0.5, 0.6) is 0 Å². The lowest BCUT2D eigenvalue weighted by Crippen LogP contribution is -2.35. The number of ether oxygens (including phenoxy) is 1. The summed E-state index contributed by atoms with van der Waals surface area (Å²) in [6, 6.07) is 27.6. The van der Waals surface area contributed by atoms with Gasteiger partial charge in [-0.05, 0) is 78.4 Å². The maximum Gasteiger partial charge on any atom is 0.338 e. The Kier molecular flexibility index (Phi) is 8.87. The number of hydrogen-bond donors (Lipinski definition) is 3. The molecule has 0 aromatic heterocycles. The van der Waals surface area contributed by atoms with Gasteiger partial charge in [0.2, 0.25) is 5.91 Å². The number of anilines is 2. The molecule has 10 heteroatoms. The highest BCUT2D eigenvalue weighted by atomic mass is 32.2. The number of rotatable bonds is 10. The molecule has 1 amide bonds. The summed E-state index contributed by atoms with van der Waals surface area (Å²) in [7, 11) is -3.73. The van der Waals surface area contributed by atoms with Gasteiger partial charge in [0.15, 0.2) is 0 Å². The molecular weight excluding hydrogens is 564 g/mol. The fourth-order valence-electron chi connectivity index (χ4n) is 5.09. The van der Waals surface area contributed by atoms with Crippen LogP contribution in [0.3, 0.4) is 0 Å². The van der Waals surface area contributed by atoms with Crippen LogP contribution in [0.15, 0.2) is 102 Å². The van der Waals surface area contributed by atoms with E-state index in [2.05, 4.69) is 4.72 Å². The minimum Gasteiger partial charge on any atom is -0.457 e. The minimum atomic E-state index is -3.73. The van der Waals surface area contributed by atoms with Gasteiger partial charge in [-0.3, -0.25) is 14.9 Å². The summed E-state index contributed by atoms with van der Waals surface area (Å²) in [6.07, 6.45) is 1.95. The molecule has 0 saturated carbocycles. The molecule has 43 heavy (non-hydrogen) atoms. The zero-order chi connectivity index (χ0) is 30.4. The van der Waals surface area contributed by atoms with Crippen LogP contribution in [0.4, 0.5) is 11.4 Å². The van der Waals surface area contributed by atoms with Crippen molar-refractivity contribution < 1.29 is 22.7 Å². The molecular formula is C33H32N4O5S. The predicted octanol–water partition coefficient (Wildman–Crippen LogP) is 5.04. The molecule has 4 aromatic carbocycles. The number of nitrogens with zero attached hydrogens (tertiary/aromatic N) is 1. The van der Waals surface area contributed by atoms with Gasteiger partial charge in [-0.25, -0.2) is 13.2 Å². The first kappa shape index (κ1) is 29.5. The second-order valence-electron chi connectivity index (χ2n) is 10.3. The Hall–Kier alpha value is -4.96. The van der Waals surface area contributed by atoms with Crippen LogP contribution in [0, 0.1) is 5.41 Å². The zero-order valence-electron chi connectivity index (χ0n) is 23.5. The zero-order valence-corrected chi connectivity index (χ0v) is 24.3. The summed E-state index contributed by atoms with van der Waals surface area (Å²) < 4.78 is 33.6. The number of nitrogens with two attached hydrogens (primary N) is 1. The van der Waals surface area contributed by atoms with Crippen molar-refractivity contribution in [2.45, 2.75) is 37.2 Å². The minimum absolute atomic E-state index is 0.0978. The van der Waals surface area contributed by atoms with Crippen LogP contribution >= 0.6 is 0 Å². The van der Waals surface area contributed by atoms with E-state index in [1.807, 2.05) is 30.3 Å². The molecule has 4 aromatic rings. The molecule has 0 radical (unpaired) electrons. The van der Waals surface area contributed by atoms with Crippen LogP contribution < -0.4 is 15.4 Å². The third-order valence-corrected chi connectivity index (χ3v) is 8.66. The Morgan fingerprint density at radius 1 is 0.930 bits per heavy atom. The number of amidine groups is 1. The standard InChI is InChI=1S/C33H32N4O5S/c34-32(35)29-21-26(33(39)42-22-23-8-3-1-4-9-23)14-13-24(29)15-18-31(38)37-19-7-10-25-20-27(16-17-30(25)37)36-43(40,41)28-11-5-2-6-12-28/h1-6,8-9,11-14,16-17,20-21,36H,7,10,15,18-19,22H2,(H3,34,35). The highest BCUT2D eigenvalue weighted by molar-refractivity contribution is 7.92. The van der Waals surface area contributed by atoms with Crippen molar-refractivity contribution in [3.8, 4) is 0 Å². The van der Waals surface area contributed by atoms with Crippen LogP contribution in [-0.4, -0.2) is 32.7 Å². The Labute approximate surface area is 250 Å². The first-order valence-corrected chi connectivity index (χ1v) is 15.4. The number of amides is 1. The van der Waals surface area contributed by atoms with Crippen LogP contribution in [0.2, 0.25) is 0 Å². The fraction of sp³-hybridized carbons (Fsp3) is 0.182. The van der Waals surface area contributed by atoms with Crippen molar-refractivity contribution in [3.63, 3.8) is 0 Å². The number of fused-ring (bicyclic) bond motifs is 1. The molecule has 1 aliphatic heterocycles. The maximum atomic E-state index is 13.4. The summed E-state index contributed by atoms with van der Waals surface area (Å²) in [5, 5.41) is 8.05. The molecule has 1 heterocycles. The molecule has 9 nitrogen and oxygen atoms in total. The summed E-state index contributed by atoms with van der Waals surface area (Å²) in [4.78, 5) is 27.9. The lowest BCUT2D eigenvalue weighted by molar-refractivity contribution is -0.118. The summed E-state index contributed by atoms with van der Waals surface area (Å²) in [5.41, 5.74) is 10.1. The van der Waals surface area contributed by atoms with E-state index in [-0.39, 0.29) is 35.2 Å². The summed E-state index contributed by atoms with van der Waals surface area (Å²) in [5.74, 6) is -0.822. The second kappa shape index (κ2) is 12.9. The molecule has 0 bridgehead atoms. The van der Waals surface area contributed by atoms with E-state index in [0.717, 1.165) is 29.7 Å². The molecule has 0 unspecified atom stereocenters. The number of carbonyl (C=O) groups excluding carboxylic acids is 2. The van der Waals surface area contributed by atoms with Crippen molar-refractivity contribution in [3.05, 3.63) is 125 Å². The first-order valence-electron chi connectivity index (χ1n) is 13.9. The normalized spacial score (nSPS) is 12.7. The first-order chi connectivity index (χ1) is 20.7. The van der Waals surface area contributed by atoms with Gasteiger partial charge in [-0.2, -0.15) is 0 Å². The van der Waals surface area contributed by atoms with Crippen LogP contribution in [-0.2, 0) is 39.0 Å². The average Bonchev–Trinajstić information content (AvgIpc) is 3.02. The van der Waals surface area contributed by atoms with Crippen LogP contribution in [0.1, 0.15) is 45.5 Å². The lowest BCUT2D eigenvalue weighted by atomic mass is 9.97. The lowest BCUT2D eigenvalue weighted by Gasteiger charge is -2.30. The molecule has 4 N–H and O–H groups in total. The van der Waals surface area contributed by atoms with Gasteiger partial charge in [0.25, 0.3) is 10.0 Å². The third-order valence-electron chi connectivity index (χ3n) is 7.26. The number of esters is 1. The molecule has 1 aliphatic rings. The summed E-state index contributed by atoms with van der Waals surface area (Å²) >= 11 is 0. The number of carbonyl (C=O) groups is 2. The molecule has 0 atom stereocenters. The SMILES string of the molecule is N=C(N)c1cc(C(=O)OCc2ccccc2)ccc1CCC(=O)N1CCCc2cc(NS(=O)(=O)c3ccccc3)ccc21. The highest BCUT2D eigenvalue weighted by Gasteiger charge is 2.24. The van der Waals surface area contributed by atoms with Gasteiger partial charge in [-0.1, -0.05) is 54.6 Å². The van der Waals surface area contributed by atoms with Gasteiger partial charge in [0.05, 0.1) is 10.5 Å². The average molecular weight is 597 g/mol. The summed E-state index contributed by atoms with van der Waals surface area (Å²) in [6.45, 7) is 0.676. The van der Waals surface area contributed by atoms with Crippen molar-refractivity contribution in [2.75, 3.05) is 16.2 Å². The Morgan fingerprint density at radius 2 is 1.65 bits per heavy atom. The number of nitrogens with one attached hydrogen (secondary N) is 2. The van der Waals surface area contributed by atoms with Crippen molar-refractivity contribution >= 4 is 39.1 Å². The largest absolute Gasteiger partial charge is 0.457 e. The monoisotopic (exact) mass is 596 g/mol. The second-order valence-corrected chi connectivity index (χ2v) is 11.9. The number of benzene rings is 4. The van der Waals surface area contributed by atoms with Gasteiger partial charge in [0, 0.05) is 29.9 Å². The van der Waals surface area contributed by atoms with Crippen molar-refractivity contribution in [1.29, 1.82) is 5.41 Å². The Bertz CT molecular complexity index is 1760. The topological polar surface area (TPSA) is 143 Å². The predicted molar refractivity (Wildman–Crippen MR) is 166 cm³/mol. The number of hydrogen-bond acceptors (Lipinski definition) is 6.